The Kier molecular flexibility index (Phi) is 15.6. The average Bonchev–Trinajstić information content (AvgIpc) is 3.19. The fourth-order valence-corrected chi connectivity index (χ4v) is 9.12. The molecule has 18 heteroatoms. The number of carbonyl (C=O) groups excluding carboxylic acids is 4. The molecule has 0 saturated carbocycles. The molecule has 0 radical (unpaired) electrons. The molecule has 2 unspecified atom stereocenters. The number of ether oxygens (including phenoxy) is 2. The highest BCUT2D eigenvalue weighted by Gasteiger charge is 2.63. The van der Waals surface area contributed by atoms with Crippen LogP contribution in [0.1, 0.15) is 98.6 Å². The second-order valence-corrected chi connectivity index (χ2v) is 20.1. The van der Waals surface area contributed by atoms with Crippen molar-refractivity contribution in [2.75, 3.05) is 34.4 Å². The van der Waals surface area contributed by atoms with Crippen LogP contribution in [0.4, 0.5) is 11.4 Å². The van der Waals surface area contributed by atoms with Crippen molar-refractivity contribution in [1.29, 1.82) is 0 Å². The molecule has 6 aliphatic rings. The minimum absolute atomic E-state index is 0.0293. The van der Waals surface area contributed by atoms with Crippen LogP contribution in [0.3, 0.4) is 0 Å². The summed E-state index contributed by atoms with van der Waals surface area (Å²) in [6.45, 7) is 15.7. The van der Waals surface area contributed by atoms with E-state index in [1.54, 1.807) is 24.3 Å². The van der Waals surface area contributed by atoms with E-state index in [0.29, 0.717) is 36.0 Å². The number of aryl methyl sites for hydroxylation is 1. The fraction of sp³-hybridized carbons (Fsp3) is 0.591. The minimum atomic E-state index is -2.13. The molecule has 0 aliphatic carbocycles. The van der Waals surface area contributed by atoms with Gasteiger partial charge in [-0.15, -0.1) is 10.1 Å². The predicted molar refractivity (Wildman–Crippen MR) is 242 cm³/mol. The van der Waals surface area contributed by atoms with E-state index in [-0.39, 0.29) is 42.5 Å². The van der Waals surface area contributed by atoms with Crippen LogP contribution in [0.15, 0.2) is 60.3 Å². The lowest BCUT2D eigenvalue weighted by molar-refractivity contribution is -0.225. The molecule has 2 aromatic rings. The number of esters is 2. The Labute approximate surface area is 374 Å². The number of hydrazine groups is 3. The normalized spacial score (nSPS) is 22.6. The maximum Gasteiger partial charge on any atom is 0.372 e. The highest BCUT2D eigenvalue weighted by atomic mass is 32.2. The molecule has 0 spiro atoms. The second kappa shape index (κ2) is 19.8. The van der Waals surface area contributed by atoms with E-state index in [0.717, 1.165) is 23.6 Å². The van der Waals surface area contributed by atoms with Crippen LogP contribution >= 0.6 is 23.5 Å². The lowest BCUT2D eigenvalue weighted by Gasteiger charge is -2.60. The molecule has 6 heterocycles. The Balaban J connectivity index is 1.86. The average molecular weight is 899 g/mol. The van der Waals surface area contributed by atoms with E-state index in [1.165, 1.54) is 64.4 Å². The maximum absolute atomic E-state index is 14.7. The van der Waals surface area contributed by atoms with Gasteiger partial charge in [0.15, 0.2) is 16.9 Å². The second-order valence-electron chi connectivity index (χ2n) is 18.1. The van der Waals surface area contributed by atoms with Crippen LogP contribution < -0.4 is 27.7 Å². The Bertz CT molecular complexity index is 1880. The van der Waals surface area contributed by atoms with Crippen LogP contribution in [0.2, 0.25) is 0 Å². The molecule has 0 amide bonds. The lowest BCUT2D eigenvalue weighted by Crippen LogP contribution is -2.85. The number of benzene rings is 2. The monoisotopic (exact) mass is 898 g/mol. The first-order valence-corrected chi connectivity index (χ1v) is 24.0. The number of nitrogens with two attached hydrogens (primary N) is 3. The number of carbonyl (C=O) groups is 4. The molecule has 0 aromatic heterocycles. The van der Waals surface area contributed by atoms with Gasteiger partial charge in [-0.3, -0.25) is 0 Å². The zero-order chi connectivity index (χ0) is 45.8. The third-order valence-corrected chi connectivity index (χ3v) is 12.3. The molecule has 16 nitrogen and oxygen atoms in total. The zero-order valence-electron chi connectivity index (χ0n) is 37.8. The summed E-state index contributed by atoms with van der Waals surface area (Å²) in [5.74, 6) is 3.78. The molecule has 342 valence electrons. The number of hydrogen-bond donors (Lipinski definition) is 3. The lowest BCUT2D eigenvalue weighted by atomic mass is 9.87. The van der Waals surface area contributed by atoms with Gasteiger partial charge in [0.2, 0.25) is 0 Å². The van der Waals surface area contributed by atoms with Gasteiger partial charge >= 0.3 is 23.9 Å². The van der Waals surface area contributed by atoms with Gasteiger partial charge in [-0.2, -0.15) is 23.5 Å². The molecule has 6 N–H and O–H groups in total. The minimum Gasteiger partial charge on any atom is -0.419 e. The zero-order valence-corrected chi connectivity index (χ0v) is 39.5. The van der Waals surface area contributed by atoms with Gasteiger partial charge in [-0.05, 0) is 108 Å². The molecule has 62 heavy (non-hydrogen) atoms. The number of anilines is 2. The van der Waals surface area contributed by atoms with Crippen molar-refractivity contribution in [3.63, 3.8) is 0 Å². The Morgan fingerprint density at radius 1 is 0.726 bits per heavy atom. The summed E-state index contributed by atoms with van der Waals surface area (Å²) in [5, 5.41) is 5.03. The van der Waals surface area contributed by atoms with Crippen molar-refractivity contribution >= 4 is 58.8 Å². The summed E-state index contributed by atoms with van der Waals surface area (Å²) in [5.41, 5.74) is 11.4. The smallest absolute Gasteiger partial charge is 0.372 e. The third kappa shape index (κ3) is 10.5. The van der Waals surface area contributed by atoms with Gasteiger partial charge in [0.1, 0.15) is 11.4 Å². The van der Waals surface area contributed by atoms with E-state index in [9.17, 15) is 19.2 Å². The summed E-state index contributed by atoms with van der Waals surface area (Å²) in [4.78, 5) is 70.5. The molecular weight excluding hydrogens is 833 g/mol. The van der Waals surface area contributed by atoms with Gasteiger partial charge in [-0.1, -0.05) is 65.8 Å². The standard InChI is InChI=1S/C44H66N8O8S2/c1-29(2)11-12-32-13-15-33(16-14-32)27-48(28-36-37(53)57-41(7,8)58-38(36)54)42(25-30(3)4,26-31(5)6)52(47)49-34-17-19-35(20-18-34)50-59-39(55)43(45,21-23-61-9)51(49)44(46,22-24-62-10)40(56)60-50/h13-20,28-31H,11-12,21-27,45-47H2,1-10H3. The van der Waals surface area contributed by atoms with Crippen LogP contribution in [-0.4, -0.2) is 85.7 Å². The summed E-state index contributed by atoms with van der Waals surface area (Å²) >= 11 is 2.90. The fourth-order valence-electron chi connectivity index (χ4n) is 8.09. The number of cyclic esters (lactones) is 2. The molecule has 8 rings (SSSR count). The molecular formula is C44H66N8O8S2. The highest BCUT2D eigenvalue weighted by Crippen LogP contribution is 2.44. The van der Waals surface area contributed by atoms with Crippen molar-refractivity contribution in [1.82, 2.24) is 15.0 Å². The van der Waals surface area contributed by atoms with Gasteiger partial charge in [-0.25, -0.2) is 30.1 Å². The highest BCUT2D eigenvalue weighted by molar-refractivity contribution is 7.98. The van der Waals surface area contributed by atoms with E-state index in [1.807, 2.05) is 57.2 Å². The SMILES string of the molecule is CSCCC1(N)C(=O)ON2OC(=O)C(N)(CCSC)N1N(N(N)C(CC(C)C)(CC(C)C)N(C=C1C(=O)OC(C)(C)OC1=O)Cc1ccc(CCC(C)C)cc1)c1ccc2cc1. The molecule has 4 bridgehead atoms. The molecule has 2 fully saturated rings. The number of nitrogens with zero attached hydrogens (tertiary/aromatic N) is 5. The Morgan fingerprint density at radius 3 is 1.65 bits per heavy atom. The molecule has 6 aliphatic heterocycles. The van der Waals surface area contributed by atoms with Crippen molar-refractivity contribution < 1.29 is 38.3 Å². The Hall–Kier alpha value is -4.04. The van der Waals surface area contributed by atoms with Crippen molar-refractivity contribution in [2.45, 2.75) is 123 Å². The van der Waals surface area contributed by atoms with Gasteiger partial charge in [0.25, 0.3) is 5.79 Å². The van der Waals surface area contributed by atoms with Crippen LogP contribution in [0.25, 0.3) is 0 Å². The van der Waals surface area contributed by atoms with Crippen LogP contribution in [-0.2, 0) is 51.3 Å². The van der Waals surface area contributed by atoms with Gasteiger partial charge < -0.3 is 35.5 Å². The largest absolute Gasteiger partial charge is 0.419 e. The maximum atomic E-state index is 14.7. The first kappa shape index (κ1) is 49.0. The van der Waals surface area contributed by atoms with E-state index < -0.39 is 46.7 Å². The first-order valence-electron chi connectivity index (χ1n) is 21.2. The quantitative estimate of drug-likeness (QED) is 0.0372. The number of thioether (sulfide) groups is 2. The van der Waals surface area contributed by atoms with E-state index in [2.05, 4.69) is 26.0 Å². The summed E-state index contributed by atoms with van der Waals surface area (Å²) in [6.07, 6.45) is 7.70. The number of rotatable bonds is 19. The first-order chi connectivity index (χ1) is 29.1. The molecule has 2 saturated heterocycles. The van der Waals surface area contributed by atoms with E-state index in [4.69, 9.17) is 36.5 Å². The number of hydrogen-bond acceptors (Lipinski definition) is 18. The molecule has 2 atom stereocenters. The van der Waals surface area contributed by atoms with Crippen LogP contribution in [0.5, 0.6) is 0 Å². The topological polar surface area (TPSA) is 199 Å². The Morgan fingerprint density at radius 2 is 1.19 bits per heavy atom. The van der Waals surface area contributed by atoms with Crippen molar-refractivity contribution in [2.24, 2.45) is 35.1 Å². The summed E-state index contributed by atoms with van der Waals surface area (Å²) < 4.78 is 11.2. The summed E-state index contributed by atoms with van der Waals surface area (Å²) in [7, 11) is 0. The van der Waals surface area contributed by atoms with Gasteiger partial charge in [0, 0.05) is 39.4 Å². The molecule has 2 aromatic carbocycles. The van der Waals surface area contributed by atoms with Crippen molar-refractivity contribution in [3.05, 3.63) is 71.4 Å². The van der Waals surface area contributed by atoms with Crippen LogP contribution in [0, 0.1) is 17.8 Å². The predicted octanol–water partition coefficient (Wildman–Crippen LogP) is 5.97. The van der Waals surface area contributed by atoms with Gasteiger partial charge in [0.05, 0.1) is 5.69 Å². The summed E-state index contributed by atoms with van der Waals surface area (Å²) in [6, 6.07) is 14.9. The third-order valence-electron chi connectivity index (χ3n) is 11.1. The van der Waals surface area contributed by atoms with Crippen molar-refractivity contribution in [3.8, 4) is 0 Å². The van der Waals surface area contributed by atoms with E-state index >= 15 is 0 Å².